The van der Waals surface area contributed by atoms with Gasteiger partial charge in [-0.25, -0.2) is 4.31 Å². The number of carbonyl (C=O) groups is 1. The number of piperazine rings is 1. The molecule has 2 aliphatic heterocycles. The van der Waals surface area contributed by atoms with Crippen molar-refractivity contribution in [1.29, 1.82) is 0 Å². The fourth-order valence-electron chi connectivity index (χ4n) is 5.34. The number of hydrogen-bond acceptors (Lipinski definition) is 5. The Morgan fingerprint density at radius 1 is 0.971 bits per heavy atom. The molecule has 1 atom stereocenters. The molecule has 3 aliphatic rings. The van der Waals surface area contributed by atoms with Gasteiger partial charge in [0, 0.05) is 60.8 Å². The van der Waals surface area contributed by atoms with E-state index in [2.05, 4.69) is 71.3 Å². The molecule has 0 N–H and O–H groups in total. The molecule has 0 bridgehead atoms. The molecule has 2 aromatic rings. The molecule has 2 saturated heterocycles. The predicted molar refractivity (Wildman–Crippen MR) is 141 cm³/mol. The summed E-state index contributed by atoms with van der Waals surface area (Å²) in [6.07, 6.45) is 8.84. The van der Waals surface area contributed by atoms with E-state index in [1.54, 1.807) is 0 Å². The van der Waals surface area contributed by atoms with Crippen molar-refractivity contribution in [1.82, 2.24) is 14.2 Å². The van der Waals surface area contributed by atoms with Gasteiger partial charge in [0.25, 0.3) is 0 Å². The standard InChI is InChI=1S/C28H36N4OS/c1-20-10-11-24(17-21(20)2)34-32-12-6-7-23(19-32)28(33)31-15-13-30(14-16-31)27-18-22(3)29-26-9-5-4-8-25(26)27/h8-11,17-18,23H,4-7,12-16,19H2,1-3H3. The van der Waals surface area contributed by atoms with Crippen LogP contribution in [0.3, 0.4) is 0 Å². The zero-order valence-corrected chi connectivity index (χ0v) is 21.5. The predicted octanol–water partition coefficient (Wildman–Crippen LogP) is 3.43. The van der Waals surface area contributed by atoms with E-state index in [1.165, 1.54) is 26.9 Å². The van der Waals surface area contributed by atoms with Crippen LogP contribution in [-0.2, 0) is 4.79 Å². The van der Waals surface area contributed by atoms with Gasteiger partial charge in [-0.05, 0) is 87.7 Å². The molecule has 2 fully saturated rings. The maximum atomic E-state index is 13.4. The van der Waals surface area contributed by atoms with Crippen molar-refractivity contribution < 1.29 is 4.79 Å². The zero-order chi connectivity index (χ0) is 23.7. The van der Waals surface area contributed by atoms with Crippen LogP contribution < -0.4 is 15.5 Å². The first-order valence-corrected chi connectivity index (χ1v) is 13.5. The van der Waals surface area contributed by atoms with Gasteiger partial charge in [-0.15, -0.1) is 0 Å². The number of anilines is 1. The number of rotatable bonds is 4. The number of benzene rings is 1. The fourth-order valence-corrected chi connectivity index (χ4v) is 6.47. The number of piperidine rings is 1. The van der Waals surface area contributed by atoms with Gasteiger partial charge in [0.15, 0.2) is 0 Å². The summed E-state index contributed by atoms with van der Waals surface area (Å²) < 4.78 is 2.39. The summed E-state index contributed by atoms with van der Waals surface area (Å²) in [7, 11) is 0. The van der Waals surface area contributed by atoms with E-state index in [9.17, 15) is 4.79 Å². The lowest BCUT2D eigenvalue weighted by atomic mass is 9.97. The van der Waals surface area contributed by atoms with Gasteiger partial charge in [0.2, 0.25) is 5.91 Å². The molecule has 1 aromatic carbocycles. The van der Waals surface area contributed by atoms with Gasteiger partial charge in [-0.3, -0.25) is 9.78 Å². The third-order valence-electron chi connectivity index (χ3n) is 7.43. The van der Waals surface area contributed by atoms with Gasteiger partial charge < -0.3 is 9.80 Å². The lowest BCUT2D eigenvalue weighted by Crippen LogP contribution is -2.53. The summed E-state index contributed by atoms with van der Waals surface area (Å²) >= 11 is 1.81. The summed E-state index contributed by atoms with van der Waals surface area (Å²) in [4.78, 5) is 24.0. The minimum Gasteiger partial charge on any atom is -0.367 e. The van der Waals surface area contributed by atoms with Crippen molar-refractivity contribution in [2.75, 3.05) is 44.2 Å². The second-order valence-electron chi connectivity index (χ2n) is 9.94. The van der Waals surface area contributed by atoms with Gasteiger partial charge in [-0.1, -0.05) is 18.2 Å². The summed E-state index contributed by atoms with van der Waals surface area (Å²) in [6.45, 7) is 11.7. The van der Waals surface area contributed by atoms with Crippen molar-refractivity contribution in [3.8, 4) is 0 Å². The highest BCUT2D eigenvalue weighted by Crippen LogP contribution is 2.30. The zero-order valence-electron chi connectivity index (χ0n) is 20.7. The number of aryl methyl sites for hydroxylation is 3. The molecule has 180 valence electrons. The van der Waals surface area contributed by atoms with Crippen LogP contribution in [0.5, 0.6) is 0 Å². The van der Waals surface area contributed by atoms with Crippen LogP contribution in [-0.4, -0.2) is 59.4 Å². The fraction of sp³-hybridized carbons (Fsp3) is 0.500. The van der Waals surface area contributed by atoms with E-state index < -0.39 is 0 Å². The Morgan fingerprint density at radius 3 is 2.56 bits per heavy atom. The molecule has 1 aromatic heterocycles. The minimum atomic E-state index is 0.109. The largest absolute Gasteiger partial charge is 0.367 e. The molecule has 1 unspecified atom stereocenters. The van der Waals surface area contributed by atoms with Crippen LogP contribution in [0, 0.1) is 26.7 Å². The number of nitrogens with zero attached hydrogens (tertiary/aromatic N) is 4. The molecular weight excluding hydrogens is 440 g/mol. The molecular formula is C28H36N4OS. The summed E-state index contributed by atoms with van der Waals surface area (Å²) in [5, 5.41) is 2.41. The lowest BCUT2D eigenvalue weighted by Gasteiger charge is -2.39. The van der Waals surface area contributed by atoms with E-state index in [1.807, 2.05) is 11.9 Å². The average Bonchev–Trinajstić information content (AvgIpc) is 2.85. The Morgan fingerprint density at radius 2 is 1.76 bits per heavy atom. The van der Waals surface area contributed by atoms with Crippen molar-refractivity contribution in [2.24, 2.45) is 5.92 Å². The summed E-state index contributed by atoms with van der Waals surface area (Å²) in [6, 6.07) is 8.88. The third kappa shape index (κ3) is 5.03. The quantitative estimate of drug-likeness (QED) is 0.633. The second kappa shape index (κ2) is 10.1. The van der Waals surface area contributed by atoms with Gasteiger partial charge >= 0.3 is 0 Å². The number of fused-ring (bicyclic) bond motifs is 1. The highest BCUT2D eigenvalue weighted by Gasteiger charge is 2.31. The van der Waals surface area contributed by atoms with Crippen LogP contribution in [0.2, 0.25) is 0 Å². The first-order chi connectivity index (χ1) is 16.5. The highest BCUT2D eigenvalue weighted by atomic mass is 32.2. The molecule has 0 spiro atoms. The molecule has 34 heavy (non-hydrogen) atoms. The van der Waals surface area contributed by atoms with Crippen molar-refractivity contribution in [3.63, 3.8) is 0 Å². The van der Waals surface area contributed by atoms with Crippen LogP contribution in [0.15, 0.2) is 29.2 Å². The van der Waals surface area contributed by atoms with E-state index in [0.29, 0.717) is 5.91 Å². The SMILES string of the molecule is Cc1cc(N2CCN(C(=O)C3CCCN(Sc4ccc(C)c(C)c4)C3)CC2)c2c(n1)=CCCC=2. The Hall–Kier alpha value is -2.31. The first kappa shape index (κ1) is 23.4. The van der Waals surface area contributed by atoms with Gasteiger partial charge in [-0.2, -0.15) is 0 Å². The summed E-state index contributed by atoms with van der Waals surface area (Å²) in [5.41, 5.74) is 5.02. The van der Waals surface area contributed by atoms with E-state index in [4.69, 9.17) is 4.98 Å². The normalized spacial score (nSPS) is 21.0. The molecule has 0 radical (unpaired) electrons. The average molecular weight is 477 g/mol. The van der Waals surface area contributed by atoms with Crippen LogP contribution >= 0.6 is 11.9 Å². The van der Waals surface area contributed by atoms with E-state index in [-0.39, 0.29) is 5.92 Å². The molecule has 5 nitrogen and oxygen atoms in total. The van der Waals surface area contributed by atoms with Crippen molar-refractivity contribution in [2.45, 2.75) is 51.3 Å². The Labute approximate surface area is 207 Å². The van der Waals surface area contributed by atoms with E-state index >= 15 is 0 Å². The smallest absolute Gasteiger partial charge is 0.227 e. The maximum Gasteiger partial charge on any atom is 0.227 e. The number of hydrogen-bond donors (Lipinski definition) is 0. The first-order valence-electron chi connectivity index (χ1n) is 12.7. The number of pyridine rings is 1. The Bertz CT molecular complexity index is 1190. The number of aromatic nitrogens is 1. The number of amides is 1. The van der Waals surface area contributed by atoms with Crippen LogP contribution in [0.25, 0.3) is 12.2 Å². The molecule has 0 saturated carbocycles. The van der Waals surface area contributed by atoms with Crippen molar-refractivity contribution >= 4 is 35.7 Å². The maximum absolute atomic E-state index is 13.4. The monoisotopic (exact) mass is 476 g/mol. The molecule has 1 amide bonds. The molecule has 1 aliphatic carbocycles. The minimum absolute atomic E-state index is 0.109. The van der Waals surface area contributed by atoms with Crippen LogP contribution in [0.1, 0.15) is 42.5 Å². The molecule has 6 heteroatoms. The summed E-state index contributed by atoms with van der Waals surface area (Å²) in [5.74, 6) is 0.455. The topological polar surface area (TPSA) is 39.7 Å². The van der Waals surface area contributed by atoms with E-state index in [0.717, 1.165) is 76.0 Å². The molecule has 5 rings (SSSR count). The van der Waals surface area contributed by atoms with Gasteiger partial charge in [0.1, 0.15) is 0 Å². The molecule has 3 heterocycles. The number of carbonyl (C=O) groups excluding carboxylic acids is 1. The third-order valence-corrected chi connectivity index (χ3v) is 8.48. The lowest BCUT2D eigenvalue weighted by molar-refractivity contribution is -0.137. The van der Waals surface area contributed by atoms with Crippen molar-refractivity contribution in [3.05, 3.63) is 51.7 Å². The van der Waals surface area contributed by atoms with Crippen LogP contribution in [0.4, 0.5) is 5.69 Å². The Kier molecular flexibility index (Phi) is 6.98. The highest BCUT2D eigenvalue weighted by molar-refractivity contribution is 7.97. The Balaban J connectivity index is 1.21. The van der Waals surface area contributed by atoms with Gasteiger partial charge in [0.05, 0.1) is 11.3 Å². The second-order valence-corrected chi connectivity index (χ2v) is 11.1.